The molecule has 6 nitrogen and oxygen atoms in total. The smallest absolute Gasteiger partial charge is 0.264 e. The number of ether oxygens (including phenoxy) is 1. The van der Waals surface area contributed by atoms with E-state index >= 15 is 0 Å². The lowest BCUT2D eigenvalue weighted by molar-refractivity contribution is 0.0703. The number of hydrogen-bond acceptors (Lipinski definition) is 5. The van der Waals surface area contributed by atoms with Crippen LogP contribution >= 0.6 is 11.3 Å². The number of nitrogens with zero attached hydrogens (tertiary/aromatic N) is 2. The molecule has 1 aromatic heterocycles. The molecule has 0 bridgehead atoms. The van der Waals surface area contributed by atoms with Crippen LogP contribution in [0.15, 0.2) is 53.4 Å². The first-order chi connectivity index (χ1) is 14.4. The number of piperazine rings is 1. The van der Waals surface area contributed by atoms with Crippen LogP contribution in [0.1, 0.15) is 16.6 Å². The number of benzene rings is 2. The minimum absolute atomic E-state index is 0.200. The summed E-state index contributed by atoms with van der Waals surface area (Å²) in [5, 5.41) is 0.433. The van der Waals surface area contributed by atoms with E-state index in [1.807, 2.05) is 6.92 Å². The molecule has 1 amide bonds. The number of fused-ring (bicyclic) bond motifs is 1. The lowest BCUT2D eigenvalue weighted by Crippen LogP contribution is -2.50. The average molecular weight is 449 g/mol. The first-order valence-corrected chi connectivity index (χ1v) is 11.9. The number of rotatable bonds is 5. The summed E-state index contributed by atoms with van der Waals surface area (Å²) in [7, 11) is -3.64. The van der Waals surface area contributed by atoms with E-state index < -0.39 is 10.0 Å². The van der Waals surface area contributed by atoms with Crippen molar-refractivity contribution in [2.24, 2.45) is 0 Å². The van der Waals surface area contributed by atoms with E-state index in [9.17, 15) is 17.6 Å². The van der Waals surface area contributed by atoms with Crippen LogP contribution in [0.3, 0.4) is 0 Å². The number of sulfonamides is 1. The van der Waals surface area contributed by atoms with Crippen molar-refractivity contribution in [1.29, 1.82) is 0 Å². The van der Waals surface area contributed by atoms with Gasteiger partial charge in [-0.05, 0) is 49.4 Å². The van der Waals surface area contributed by atoms with Crippen LogP contribution in [0.2, 0.25) is 0 Å². The zero-order chi connectivity index (χ0) is 21.3. The van der Waals surface area contributed by atoms with Crippen molar-refractivity contribution in [1.82, 2.24) is 9.21 Å². The Labute approximate surface area is 178 Å². The Morgan fingerprint density at radius 2 is 1.80 bits per heavy atom. The summed E-state index contributed by atoms with van der Waals surface area (Å²) in [6, 6.07) is 12.7. The number of thiophene rings is 1. The predicted molar refractivity (Wildman–Crippen MR) is 114 cm³/mol. The lowest BCUT2D eigenvalue weighted by atomic mass is 10.2. The van der Waals surface area contributed by atoms with Gasteiger partial charge in [0.15, 0.2) is 0 Å². The molecule has 0 N–H and O–H groups in total. The highest BCUT2D eigenvalue weighted by molar-refractivity contribution is 7.89. The van der Waals surface area contributed by atoms with Crippen LogP contribution in [-0.4, -0.2) is 56.3 Å². The monoisotopic (exact) mass is 448 g/mol. The average Bonchev–Trinajstić information content (AvgIpc) is 3.20. The molecule has 1 aliphatic heterocycles. The first kappa shape index (κ1) is 20.8. The van der Waals surface area contributed by atoms with Crippen LogP contribution in [0.25, 0.3) is 10.1 Å². The molecule has 0 unspecified atom stereocenters. The van der Waals surface area contributed by atoms with Crippen molar-refractivity contribution >= 4 is 37.4 Å². The van der Waals surface area contributed by atoms with Gasteiger partial charge in [-0.3, -0.25) is 4.79 Å². The standard InChI is InChI=1S/C21H21FN2O4S2/c1-2-28-15-6-8-16(9-7-15)30(26,27)24-12-10-23(11-13-24)21(25)20-14-17-18(22)4-3-5-19(17)29-20/h3-9,14H,2,10-13H2,1H3. The molecular weight excluding hydrogens is 427 g/mol. The van der Waals surface area contributed by atoms with E-state index in [2.05, 4.69) is 0 Å². The SMILES string of the molecule is CCOc1ccc(S(=O)(=O)N2CCN(C(=O)c3cc4c(F)cccc4s3)CC2)cc1. The summed E-state index contributed by atoms with van der Waals surface area (Å²) >= 11 is 1.25. The molecule has 30 heavy (non-hydrogen) atoms. The molecule has 0 aliphatic carbocycles. The largest absolute Gasteiger partial charge is 0.494 e. The number of amides is 1. The second-order valence-electron chi connectivity index (χ2n) is 6.86. The van der Waals surface area contributed by atoms with Gasteiger partial charge in [0.25, 0.3) is 5.91 Å². The highest BCUT2D eigenvalue weighted by Gasteiger charge is 2.31. The summed E-state index contributed by atoms with van der Waals surface area (Å²) in [5.74, 6) is 0.0643. The highest BCUT2D eigenvalue weighted by atomic mass is 32.2. The molecule has 9 heteroatoms. The van der Waals surface area contributed by atoms with E-state index in [1.165, 1.54) is 33.8 Å². The van der Waals surface area contributed by atoms with Crippen LogP contribution in [0, 0.1) is 5.82 Å². The van der Waals surface area contributed by atoms with Gasteiger partial charge in [0.1, 0.15) is 11.6 Å². The molecule has 4 rings (SSSR count). The van der Waals surface area contributed by atoms with Gasteiger partial charge in [-0.15, -0.1) is 11.3 Å². The van der Waals surface area contributed by atoms with Gasteiger partial charge in [-0.1, -0.05) is 6.07 Å². The molecular formula is C21H21FN2O4S2. The topological polar surface area (TPSA) is 66.9 Å². The number of carbonyl (C=O) groups is 1. The van der Waals surface area contributed by atoms with Gasteiger partial charge in [0, 0.05) is 36.3 Å². The Bertz CT molecular complexity index is 1170. The van der Waals surface area contributed by atoms with Crippen LogP contribution in [0.4, 0.5) is 4.39 Å². The maximum Gasteiger partial charge on any atom is 0.264 e. The molecule has 3 aromatic rings. The van der Waals surface area contributed by atoms with Crippen molar-refractivity contribution in [3.63, 3.8) is 0 Å². The van der Waals surface area contributed by atoms with Crippen LogP contribution in [-0.2, 0) is 10.0 Å². The quantitative estimate of drug-likeness (QED) is 0.598. The molecule has 0 saturated carbocycles. The highest BCUT2D eigenvalue weighted by Crippen LogP contribution is 2.29. The zero-order valence-electron chi connectivity index (χ0n) is 16.4. The number of carbonyl (C=O) groups excluding carboxylic acids is 1. The molecule has 158 valence electrons. The van der Waals surface area contributed by atoms with Gasteiger partial charge in [0.05, 0.1) is 16.4 Å². The molecule has 2 aromatic carbocycles. The van der Waals surface area contributed by atoms with Crippen LogP contribution < -0.4 is 4.74 Å². The predicted octanol–water partition coefficient (Wildman–Crippen LogP) is 3.59. The molecule has 0 spiro atoms. The summed E-state index contributed by atoms with van der Waals surface area (Å²) in [6.45, 7) is 3.36. The van der Waals surface area contributed by atoms with E-state index in [0.717, 1.165) is 4.70 Å². The summed E-state index contributed by atoms with van der Waals surface area (Å²) in [4.78, 5) is 15.1. The normalized spacial score (nSPS) is 15.5. The van der Waals surface area contributed by atoms with E-state index in [-0.39, 0.29) is 42.8 Å². The fourth-order valence-electron chi connectivity index (χ4n) is 3.44. The second kappa shape index (κ2) is 8.33. The van der Waals surface area contributed by atoms with Gasteiger partial charge >= 0.3 is 0 Å². The lowest BCUT2D eigenvalue weighted by Gasteiger charge is -2.33. The van der Waals surface area contributed by atoms with Gasteiger partial charge in [-0.25, -0.2) is 12.8 Å². The Balaban J connectivity index is 1.44. The second-order valence-corrected chi connectivity index (χ2v) is 9.88. The fraction of sp³-hybridized carbons (Fsp3) is 0.286. The third-order valence-corrected chi connectivity index (χ3v) is 8.02. The van der Waals surface area contributed by atoms with Crippen molar-refractivity contribution in [2.75, 3.05) is 32.8 Å². The zero-order valence-corrected chi connectivity index (χ0v) is 18.0. The van der Waals surface area contributed by atoms with E-state index in [4.69, 9.17) is 4.74 Å². The summed E-state index contributed by atoms with van der Waals surface area (Å²) < 4.78 is 47.2. The van der Waals surface area contributed by atoms with Crippen LogP contribution in [0.5, 0.6) is 5.75 Å². The third-order valence-electron chi connectivity index (χ3n) is 5.02. The molecule has 0 atom stereocenters. The Morgan fingerprint density at radius 1 is 1.10 bits per heavy atom. The van der Waals surface area contributed by atoms with Crippen molar-refractivity contribution in [3.05, 3.63) is 59.2 Å². The maximum atomic E-state index is 13.9. The Hall–Kier alpha value is -2.49. The first-order valence-electron chi connectivity index (χ1n) is 9.60. The van der Waals surface area contributed by atoms with Crippen molar-refractivity contribution in [2.45, 2.75) is 11.8 Å². The van der Waals surface area contributed by atoms with Crippen molar-refractivity contribution in [3.8, 4) is 5.75 Å². The molecule has 1 aliphatic rings. The van der Waals surface area contributed by atoms with E-state index in [0.29, 0.717) is 22.6 Å². The summed E-state index contributed by atoms with van der Waals surface area (Å²) in [6.07, 6.45) is 0. The molecule has 1 fully saturated rings. The minimum atomic E-state index is -3.64. The third kappa shape index (κ3) is 3.92. The van der Waals surface area contributed by atoms with E-state index in [1.54, 1.807) is 35.2 Å². The minimum Gasteiger partial charge on any atom is -0.494 e. The van der Waals surface area contributed by atoms with Crippen molar-refractivity contribution < 1.29 is 22.3 Å². The number of halogens is 1. The van der Waals surface area contributed by atoms with Gasteiger partial charge in [0.2, 0.25) is 10.0 Å². The summed E-state index contributed by atoms with van der Waals surface area (Å²) in [5.41, 5.74) is 0. The Morgan fingerprint density at radius 3 is 2.43 bits per heavy atom. The van der Waals surface area contributed by atoms with Gasteiger partial charge < -0.3 is 9.64 Å². The Kier molecular flexibility index (Phi) is 5.77. The molecule has 2 heterocycles. The van der Waals surface area contributed by atoms with Gasteiger partial charge in [-0.2, -0.15) is 4.31 Å². The fourth-order valence-corrected chi connectivity index (χ4v) is 5.91. The molecule has 0 radical (unpaired) electrons. The maximum absolute atomic E-state index is 13.9. The molecule has 1 saturated heterocycles. The number of hydrogen-bond donors (Lipinski definition) is 0.